The molecule has 22 heavy (non-hydrogen) atoms. The molecule has 1 aliphatic heterocycles. The second-order valence-electron chi connectivity index (χ2n) is 4.91. The van der Waals surface area contributed by atoms with E-state index in [2.05, 4.69) is 20.5 Å². The molecule has 1 saturated heterocycles. The Morgan fingerprint density at radius 3 is 2.77 bits per heavy atom. The van der Waals surface area contributed by atoms with Crippen LogP contribution in [0.25, 0.3) is 0 Å². The van der Waals surface area contributed by atoms with Crippen LogP contribution in [0.2, 0.25) is 0 Å². The van der Waals surface area contributed by atoms with Crippen LogP contribution in [0, 0.1) is 0 Å². The number of carbonyl (C=O) groups is 1. The van der Waals surface area contributed by atoms with Crippen molar-refractivity contribution in [1.29, 1.82) is 0 Å². The average molecular weight is 321 g/mol. The van der Waals surface area contributed by atoms with Crippen LogP contribution in [0.1, 0.15) is 12.8 Å². The van der Waals surface area contributed by atoms with Crippen molar-refractivity contribution in [3.63, 3.8) is 0 Å². The van der Waals surface area contributed by atoms with Gasteiger partial charge in [0.2, 0.25) is 21.9 Å². The molecule has 1 unspecified atom stereocenters. The first-order valence-electron chi connectivity index (χ1n) is 6.82. The van der Waals surface area contributed by atoms with E-state index >= 15 is 0 Å². The van der Waals surface area contributed by atoms with Gasteiger partial charge in [-0.05, 0) is 25.0 Å². The Kier molecular flexibility index (Phi) is 3.90. The third-order valence-corrected chi connectivity index (χ3v) is 5.44. The molecule has 1 aliphatic rings. The summed E-state index contributed by atoms with van der Waals surface area (Å²) in [5.41, 5.74) is 0. The van der Waals surface area contributed by atoms with E-state index in [1.165, 1.54) is 22.8 Å². The van der Waals surface area contributed by atoms with Crippen LogP contribution in [-0.4, -0.2) is 46.4 Å². The Bertz CT molecular complexity index is 745. The normalized spacial score (nSPS) is 19.2. The van der Waals surface area contributed by atoms with Gasteiger partial charge in [-0.1, -0.05) is 18.2 Å². The fourth-order valence-electron chi connectivity index (χ4n) is 2.48. The predicted octanol–water partition coefficient (Wildman–Crippen LogP) is 0.596. The SMILES string of the molecule is O=C(Nc1ncn[nH]1)C1CCCN1S(=O)(=O)c1ccccc1. The predicted molar refractivity (Wildman–Crippen MR) is 78.4 cm³/mol. The fraction of sp³-hybridized carbons (Fsp3) is 0.308. The summed E-state index contributed by atoms with van der Waals surface area (Å²) in [5, 5.41) is 8.69. The summed E-state index contributed by atoms with van der Waals surface area (Å²) in [6, 6.07) is 7.38. The van der Waals surface area contributed by atoms with Crippen LogP contribution in [0.4, 0.5) is 5.95 Å². The highest BCUT2D eigenvalue weighted by Crippen LogP contribution is 2.26. The van der Waals surface area contributed by atoms with Crippen molar-refractivity contribution in [3.8, 4) is 0 Å². The number of carbonyl (C=O) groups excluding carboxylic acids is 1. The molecular weight excluding hydrogens is 306 g/mol. The largest absolute Gasteiger partial charge is 0.294 e. The molecule has 2 aromatic rings. The van der Waals surface area contributed by atoms with E-state index in [4.69, 9.17) is 0 Å². The Morgan fingerprint density at radius 2 is 2.09 bits per heavy atom. The topological polar surface area (TPSA) is 108 Å². The van der Waals surface area contributed by atoms with E-state index in [1.54, 1.807) is 18.2 Å². The quantitative estimate of drug-likeness (QED) is 0.857. The molecule has 0 aliphatic carbocycles. The van der Waals surface area contributed by atoms with Gasteiger partial charge >= 0.3 is 0 Å². The number of aromatic nitrogens is 3. The molecule has 1 amide bonds. The zero-order valence-electron chi connectivity index (χ0n) is 11.6. The highest BCUT2D eigenvalue weighted by atomic mass is 32.2. The molecule has 3 rings (SSSR count). The maximum absolute atomic E-state index is 12.7. The Hall–Kier alpha value is -2.26. The van der Waals surface area contributed by atoms with Crippen LogP contribution in [0.5, 0.6) is 0 Å². The number of aromatic amines is 1. The average Bonchev–Trinajstić information content (AvgIpc) is 3.19. The van der Waals surface area contributed by atoms with E-state index in [0.29, 0.717) is 19.4 Å². The fourth-order valence-corrected chi connectivity index (χ4v) is 4.16. The number of anilines is 1. The number of nitrogens with one attached hydrogen (secondary N) is 2. The molecule has 8 nitrogen and oxygen atoms in total. The van der Waals surface area contributed by atoms with Gasteiger partial charge in [-0.3, -0.25) is 10.1 Å². The molecule has 2 heterocycles. The number of sulfonamides is 1. The molecule has 0 bridgehead atoms. The number of benzene rings is 1. The molecule has 0 radical (unpaired) electrons. The summed E-state index contributed by atoms with van der Waals surface area (Å²) in [6.07, 6.45) is 2.38. The van der Waals surface area contributed by atoms with Gasteiger partial charge in [-0.25, -0.2) is 13.5 Å². The standard InChI is InChI=1S/C13H15N5O3S/c19-12(16-13-14-9-15-17-13)11-7-4-8-18(11)22(20,21)10-5-2-1-3-6-10/h1-3,5-6,9,11H,4,7-8H2,(H2,14,15,16,17,19). The first kappa shape index (κ1) is 14.7. The van der Waals surface area contributed by atoms with Crippen LogP contribution in [-0.2, 0) is 14.8 Å². The van der Waals surface area contributed by atoms with Crippen LogP contribution in [0.15, 0.2) is 41.6 Å². The van der Waals surface area contributed by atoms with Crippen molar-refractivity contribution in [1.82, 2.24) is 19.5 Å². The monoisotopic (exact) mass is 321 g/mol. The molecule has 0 saturated carbocycles. The highest BCUT2D eigenvalue weighted by molar-refractivity contribution is 7.89. The van der Waals surface area contributed by atoms with E-state index in [0.717, 1.165) is 0 Å². The summed E-state index contributed by atoms with van der Waals surface area (Å²) in [4.78, 5) is 16.3. The molecule has 1 atom stereocenters. The maximum Gasteiger partial charge on any atom is 0.245 e. The Morgan fingerprint density at radius 1 is 1.32 bits per heavy atom. The number of hydrogen-bond acceptors (Lipinski definition) is 5. The van der Waals surface area contributed by atoms with Gasteiger partial charge in [0, 0.05) is 6.54 Å². The van der Waals surface area contributed by atoms with E-state index in [1.807, 2.05) is 0 Å². The number of nitrogens with zero attached hydrogens (tertiary/aromatic N) is 3. The third kappa shape index (κ3) is 2.72. The summed E-state index contributed by atoms with van der Waals surface area (Å²) in [7, 11) is -3.69. The second-order valence-corrected chi connectivity index (χ2v) is 6.80. The number of H-pyrrole nitrogens is 1. The molecule has 1 aromatic carbocycles. The molecule has 2 N–H and O–H groups in total. The second kappa shape index (κ2) is 5.85. The van der Waals surface area contributed by atoms with Gasteiger partial charge in [0.25, 0.3) is 0 Å². The van der Waals surface area contributed by atoms with Gasteiger partial charge in [-0.2, -0.15) is 14.4 Å². The van der Waals surface area contributed by atoms with E-state index in [9.17, 15) is 13.2 Å². The van der Waals surface area contributed by atoms with Crippen LogP contribution >= 0.6 is 0 Å². The van der Waals surface area contributed by atoms with Crippen molar-refractivity contribution in [3.05, 3.63) is 36.7 Å². The molecule has 1 fully saturated rings. The zero-order valence-corrected chi connectivity index (χ0v) is 12.5. The third-order valence-electron chi connectivity index (χ3n) is 3.51. The Balaban J connectivity index is 1.82. The highest BCUT2D eigenvalue weighted by Gasteiger charge is 2.39. The summed E-state index contributed by atoms with van der Waals surface area (Å²) < 4.78 is 26.6. The maximum atomic E-state index is 12.7. The lowest BCUT2D eigenvalue weighted by molar-refractivity contribution is -0.119. The molecule has 116 valence electrons. The summed E-state index contributed by atoms with van der Waals surface area (Å²) in [5.74, 6) is -0.206. The summed E-state index contributed by atoms with van der Waals surface area (Å²) in [6.45, 7) is 0.325. The van der Waals surface area contributed by atoms with Gasteiger partial charge in [0.05, 0.1) is 4.90 Å². The molecule has 9 heteroatoms. The lowest BCUT2D eigenvalue weighted by Crippen LogP contribution is -2.43. The lowest BCUT2D eigenvalue weighted by Gasteiger charge is -2.22. The first-order valence-corrected chi connectivity index (χ1v) is 8.26. The van der Waals surface area contributed by atoms with Crippen LogP contribution < -0.4 is 5.32 Å². The molecule has 0 spiro atoms. The van der Waals surface area contributed by atoms with Gasteiger partial charge in [0.15, 0.2) is 0 Å². The minimum atomic E-state index is -3.69. The summed E-state index contributed by atoms with van der Waals surface area (Å²) >= 11 is 0. The number of hydrogen-bond donors (Lipinski definition) is 2. The minimum absolute atomic E-state index is 0.189. The van der Waals surface area contributed by atoms with Crippen molar-refractivity contribution in [2.75, 3.05) is 11.9 Å². The van der Waals surface area contributed by atoms with Gasteiger partial charge < -0.3 is 0 Å². The minimum Gasteiger partial charge on any atom is -0.294 e. The van der Waals surface area contributed by atoms with Crippen molar-refractivity contribution in [2.24, 2.45) is 0 Å². The number of amides is 1. The smallest absolute Gasteiger partial charge is 0.245 e. The first-order chi connectivity index (χ1) is 10.6. The van der Waals surface area contributed by atoms with Crippen molar-refractivity contribution < 1.29 is 13.2 Å². The molecular formula is C13H15N5O3S. The van der Waals surface area contributed by atoms with Crippen molar-refractivity contribution in [2.45, 2.75) is 23.8 Å². The van der Waals surface area contributed by atoms with Gasteiger partial charge in [0.1, 0.15) is 12.4 Å². The Labute approximate surface area is 127 Å². The van der Waals surface area contributed by atoms with Crippen LogP contribution in [0.3, 0.4) is 0 Å². The lowest BCUT2D eigenvalue weighted by atomic mass is 10.2. The van der Waals surface area contributed by atoms with Crippen molar-refractivity contribution >= 4 is 21.9 Å². The van der Waals surface area contributed by atoms with E-state index < -0.39 is 22.0 Å². The van der Waals surface area contributed by atoms with E-state index in [-0.39, 0.29) is 10.8 Å². The number of rotatable bonds is 4. The van der Waals surface area contributed by atoms with Gasteiger partial charge in [-0.15, -0.1) is 0 Å². The zero-order chi connectivity index (χ0) is 15.6. The molecule has 1 aromatic heterocycles.